The molecule has 5 nitrogen and oxygen atoms in total. The number of carboxylic acid groups (broad SMARTS) is 1. The summed E-state index contributed by atoms with van der Waals surface area (Å²) in [7, 11) is 0. The minimum absolute atomic E-state index is 0.0319. The summed E-state index contributed by atoms with van der Waals surface area (Å²) in [6, 6.07) is 0. The van der Waals surface area contributed by atoms with Gasteiger partial charge in [-0.05, 0) is 0 Å². The van der Waals surface area contributed by atoms with Crippen LogP contribution in [-0.4, -0.2) is 47.2 Å². The third-order valence-corrected chi connectivity index (χ3v) is 4.01. The molecule has 0 bridgehead atoms. The van der Waals surface area contributed by atoms with E-state index in [0.29, 0.717) is 19.7 Å². The second-order valence-corrected chi connectivity index (χ2v) is 6.70. The highest BCUT2D eigenvalue weighted by molar-refractivity contribution is 7.09. The average Bonchev–Trinajstić information content (AvgIpc) is 2.77. The topological polar surface area (TPSA) is 62.7 Å². The summed E-state index contributed by atoms with van der Waals surface area (Å²) >= 11 is 1.59. The number of hydrogen-bond acceptors (Lipinski definition) is 5. The van der Waals surface area contributed by atoms with Crippen LogP contribution in [0.1, 0.15) is 37.6 Å². The van der Waals surface area contributed by atoms with Gasteiger partial charge in [0.15, 0.2) is 0 Å². The Balaban J connectivity index is 2.05. The molecule has 0 aliphatic carbocycles. The summed E-state index contributed by atoms with van der Waals surface area (Å²) in [5.74, 6) is -0.796. The van der Waals surface area contributed by atoms with Gasteiger partial charge in [0.05, 0.1) is 18.8 Å². The first kappa shape index (κ1) is 14.4. The van der Waals surface area contributed by atoms with Crippen LogP contribution in [0.15, 0.2) is 5.38 Å². The van der Waals surface area contributed by atoms with E-state index in [1.807, 2.05) is 4.90 Å². The molecule has 1 aromatic rings. The highest BCUT2D eigenvalue weighted by Crippen LogP contribution is 2.29. The first-order valence-electron chi connectivity index (χ1n) is 6.38. The van der Waals surface area contributed by atoms with Gasteiger partial charge in [0.2, 0.25) is 0 Å². The van der Waals surface area contributed by atoms with E-state index in [2.05, 4.69) is 31.1 Å². The smallest absolute Gasteiger partial charge is 0.317 e. The van der Waals surface area contributed by atoms with Crippen molar-refractivity contribution in [3.8, 4) is 0 Å². The molecule has 1 aliphatic heterocycles. The third kappa shape index (κ3) is 3.75. The van der Waals surface area contributed by atoms with Gasteiger partial charge < -0.3 is 9.84 Å². The number of aromatic nitrogens is 1. The Morgan fingerprint density at radius 2 is 2.37 bits per heavy atom. The molecule has 0 saturated carbocycles. The molecule has 106 valence electrons. The zero-order chi connectivity index (χ0) is 14.0. The molecule has 1 N–H and O–H groups in total. The molecule has 1 saturated heterocycles. The summed E-state index contributed by atoms with van der Waals surface area (Å²) in [5, 5.41) is 11.8. The van der Waals surface area contributed by atoms with Crippen molar-refractivity contribution in [3.63, 3.8) is 0 Å². The van der Waals surface area contributed by atoms with Crippen LogP contribution in [0.4, 0.5) is 0 Å². The number of morpholine rings is 1. The second kappa shape index (κ2) is 5.56. The molecule has 6 heteroatoms. The van der Waals surface area contributed by atoms with Gasteiger partial charge in [-0.15, -0.1) is 11.3 Å². The fraction of sp³-hybridized carbons (Fsp3) is 0.692. The number of ether oxygens (including phenoxy) is 1. The van der Waals surface area contributed by atoms with E-state index in [0.717, 1.165) is 10.7 Å². The fourth-order valence-corrected chi connectivity index (χ4v) is 3.05. The van der Waals surface area contributed by atoms with Crippen LogP contribution in [0.2, 0.25) is 0 Å². The van der Waals surface area contributed by atoms with Crippen LogP contribution in [-0.2, 0) is 14.9 Å². The van der Waals surface area contributed by atoms with Crippen LogP contribution in [0.25, 0.3) is 0 Å². The van der Waals surface area contributed by atoms with E-state index in [1.54, 1.807) is 11.3 Å². The van der Waals surface area contributed by atoms with Crippen molar-refractivity contribution in [1.82, 2.24) is 9.88 Å². The van der Waals surface area contributed by atoms with E-state index >= 15 is 0 Å². The van der Waals surface area contributed by atoms with Gasteiger partial charge >= 0.3 is 5.97 Å². The lowest BCUT2D eigenvalue weighted by atomic mass is 9.93. The van der Waals surface area contributed by atoms with E-state index in [1.165, 1.54) is 0 Å². The zero-order valence-electron chi connectivity index (χ0n) is 11.5. The molecular weight excluding hydrogens is 264 g/mol. The van der Waals surface area contributed by atoms with Crippen LogP contribution in [0, 0.1) is 0 Å². The molecule has 1 unspecified atom stereocenters. The molecule has 0 aromatic carbocycles. The Morgan fingerprint density at radius 3 is 2.95 bits per heavy atom. The van der Waals surface area contributed by atoms with Crippen molar-refractivity contribution in [2.24, 2.45) is 0 Å². The van der Waals surface area contributed by atoms with Gasteiger partial charge in [-0.2, -0.15) is 0 Å². The van der Waals surface area contributed by atoms with E-state index in [9.17, 15) is 4.79 Å². The monoisotopic (exact) mass is 284 g/mol. The number of thiazole rings is 1. The Labute approximate surface area is 117 Å². The van der Waals surface area contributed by atoms with E-state index in [4.69, 9.17) is 9.84 Å². The molecule has 0 spiro atoms. The predicted molar refractivity (Wildman–Crippen MR) is 73.6 cm³/mol. The summed E-state index contributed by atoms with van der Waals surface area (Å²) < 4.78 is 5.72. The van der Waals surface area contributed by atoms with Crippen molar-refractivity contribution >= 4 is 17.3 Å². The standard InChI is InChI=1S/C13H20N2O3S/c1-13(2,3)10-8-19-12(14-10)9-6-15(4-5-18-9)7-11(16)17/h8-9H,4-7H2,1-3H3,(H,16,17). The van der Waals surface area contributed by atoms with Gasteiger partial charge in [0.25, 0.3) is 0 Å². The summed E-state index contributed by atoms with van der Waals surface area (Å²) in [6.45, 7) is 8.28. The number of carbonyl (C=O) groups is 1. The molecule has 1 aromatic heterocycles. The quantitative estimate of drug-likeness (QED) is 0.918. The molecule has 1 fully saturated rings. The third-order valence-electron chi connectivity index (χ3n) is 3.08. The summed E-state index contributed by atoms with van der Waals surface area (Å²) in [4.78, 5) is 17.3. The predicted octanol–water partition coefficient (Wildman–Crippen LogP) is 1.90. The fourth-order valence-electron chi connectivity index (χ4n) is 1.97. The van der Waals surface area contributed by atoms with Gasteiger partial charge in [0.1, 0.15) is 11.1 Å². The molecule has 0 amide bonds. The van der Waals surface area contributed by atoms with Crippen molar-refractivity contribution in [1.29, 1.82) is 0 Å². The molecule has 2 heterocycles. The normalized spacial score (nSPS) is 21.5. The lowest BCUT2D eigenvalue weighted by Gasteiger charge is -2.30. The number of rotatable bonds is 3. The number of hydrogen-bond donors (Lipinski definition) is 1. The first-order chi connectivity index (χ1) is 8.86. The van der Waals surface area contributed by atoms with Gasteiger partial charge in [-0.3, -0.25) is 9.69 Å². The van der Waals surface area contributed by atoms with Crippen LogP contribution < -0.4 is 0 Å². The molecular formula is C13H20N2O3S. The highest BCUT2D eigenvalue weighted by Gasteiger charge is 2.27. The van der Waals surface area contributed by atoms with Crippen LogP contribution in [0.5, 0.6) is 0 Å². The zero-order valence-corrected chi connectivity index (χ0v) is 12.4. The maximum atomic E-state index is 10.8. The SMILES string of the molecule is CC(C)(C)c1csc(C2CN(CC(=O)O)CCO2)n1. The van der Waals surface area contributed by atoms with E-state index in [-0.39, 0.29) is 18.1 Å². The first-order valence-corrected chi connectivity index (χ1v) is 7.26. The lowest BCUT2D eigenvalue weighted by molar-refractivity contribution is -0.140. The average molecular weight is 284 g/mol. The maximum absolute atomic E-state index is 10.8. The van der Waals surface area contributed by atoms with Gasteiger partial charge in [0, 0.05) is 23.9 Å². The van der Waals surface area contributed by atoms with Crippen molar-refractivity contribution < 1.29 is 14.6 Å². The Morgan fingerprint density at radius 1 is 1.63 bits per heavy atom. The van der Waals surface area contributed by atoms with Crippen LogP contribution in [0.3, 0.4) is 0 Å². The van der Waals surface area contributed by atoms with Crippen LogP contribution >= 0.6 is 11.3 Å². The molecule has 19 heavy (non-hydrogen) atoms. The minimum atomic E-state index is -0.796. The maximum Gasteiger partial charge on any atom is 0.317 e. The number of carboxylic acids is 1. The number of aliphatic carboxylic acids is 1. The summed E-state index contributed by atoms with van der Waals surface area (Å²) in [6.07, 6.45) is -0.103. The molecule has 1 atom stereocenters. The second-order valence-electron chi connectivity index (χ2n) is 5.81. The Bertz CT molecular complexity index is 453. The van der Waals surface area contributed by atoms with Crippen molar-refractivity contribution in [3.05, 3.63) is 16.1 Å². The lowest BCUT2D eigenvalue weighted by Crippen LogP contribution is -2.41. The molecule has 2 rings (SSSR count). The number of nitrogens with zero attached hydrogens (tertiary/aromatic N) is 2. The van der Waals surface area contributed by atoms with Crippen molar-refractivity contribution in [2.75, 3.05) is 26.2 Å². The largest absolute Gasteiger partial charge is 0.480 e. The Kier molecular flexibility index (Phi) is 4.23. The summed E-state index contributed by atoms with van der Waals surface area (Å²) in [5.41, 5.74) is 1.09. The Hall–Kier alpha value is -0.980. The van der Waals surface area contributed by atoms with Gasteiger partial charge in [-0.1, -0.05) is 20.8 Å². The van der Waals surface area contributed by atoms with Gasteiger partial charge in [-0.25, -0.2) is 4.98 Å². The molecule has 0 radical (unpaired) electrons. The van der Waals surface area contributed by atoms with E-state index < -0.39 is 5.97 Å². The van der Waals surface area contributed by atoms with Crippen molar-refractivity contribution in [2.45, 2.75) is 32.3 Å². The molecule has 1 aliphatic rings. The highest BCUT2D eigenvalue weighted by atomic mass is 32.1. The minimum Gasteiger partial charge on any atom is -0.480 e.